The fourth-order valence-corrected chi connectivity index (χ4v) is 5.12. The van der Waals surface area contributed by atoms with Crippen LogP contribution in [0.1, 0.15) is 44.1 Å². The summed E-state index contributed by atoms with van der Waals surface area (Å²) in [4.78, 5) is 30.3. The van der Waals surface area contributed by atoms with Gasteiger partial charge in [-0.05, 0) is 61.2 Å². The molecule has 1 saturated heterocycles. The largest absolute Gasteiger partial charge is 0.341 e. The van der Waals surface area contributed by atoms with Crippen LogP contribution < -0.4 is 5.32 Å². The lowest BCUT2D eigenvalue weighted by Crippen LogP contribution is -2.49. The zero-order chi connectivity index (χ0) is 23.3. The first-order valence-corrected chi connectivity index (χ1v) is 11.8. The number of nitrogens with zero attached hydrogens (tertiary/aromatic N) is 2. The summed E-state index contributed by atoms with van der Waals surface area (Å²) in [6.07, 6.45) is 5.47. The molecule has 1 saturated carbocycles. The van der Waals surface area contributed by atoms with Crippen molar-refractivity contribution in [1.29, 1.82) is 0 Å². The predicted octanol–water partition coefficient (Wildman–Crippen LogP) is 4.34. The zero-order valence-electron chi connectivity index (χ0n) is 18.9. The van der Waals surface area contributed by atoms with E-state index in [-0.39, 0.29) is 30.0 Å². The zero-order valence-corrected chi connectivity index (χ0v) is 18.9. The molecular weight excluding hydrogens is 424 g/mol. The highest BCUT2D eigenvalue weighted by molar-refractivity contribution is 5.92. The molecule has 0 aromatic heterocycles. The molecule has 0 spiro atoms. The van der Waals surface area contributed by atoms with Crippen LogP contribution in [0.25, 0.3) is 0 Å². The Morgan fingerprint density at radius 1 is 0.788 bits per heavy atom. The van der Waals surface area contributed by atoms with E-state index in [0.29, 0.717) is 25.3 Å². The molecule has 0 unspecified atom stereocenters. The molecule has 5 nitrogen and oxygen atoms in total. The Morgan fingerprint density at radius 3 is 2.09 bits per heavy atom. The lowest BCUT2D eigenvalue weighted by Gasteiger charge is -2.40. The second-order valence-corrected chi connectivity index (χ2v) is 9.13. The molecule has 176 valence electrons. The molecule has 0 bridgehead atoms. The Kier molecular flexibility index (Phi) is 7.38. The van der Waals surface area contributed by atoms with Crippen LogP contribution in [0, 0.1) is 11.6 Å². The molecule has 1 aliphatic heterocycles. The first kappa shape index (κ1) is 23.4. The van der Waals surface area contributed by atoms with E-state index in [1.54, 1.807) is 12.1 Å². The average Bonchev–Trinajstić information content (AvgIpc) is 3.06. The smallest absolute Gasteiger partial charge is 0.238 e. The van der Waals surface area contributed by atoms with Crippen LogP contribution >= 0.6 is 0 Å². The van der Waals surface area contributed by atoms with Crippen LogP contribution in [0.2, 0.25) is 0 Å². The van der Waals surface area contributed by atoms with Gasteiger partial charge in [0.2, 0.25) is 11.8 Å². The molecule has 33 heavy (non-hydrogen) atoms. The van der Waals surface area contributed by atoms with Crippen molar-refractivity contribution in [2.24, 2.45) is 0 Å². The van der Waals surface area contributed by atoms with Gasteiger partial charge in [-0.2, -0.15) is 0 Å². The number of carbonyl (C=O) groups is 2. The Bertz CT molecular complexity index is 957. The number of carbonyl (C=O) groups excluding carboxylic acids is 2. The van der Waals surface area contributed by atoms with Gasteiger partial charge in [-0.25, -0.2) is 8.78 Å². The fraction of sp³-hybridized carbons (Fsp3) is 0.462. The van der Waals surface area contributed by atoms with Crippen LogP contribution in [0.4, 0.5) is 14.5 Å². The highest BCUT2D eigenvalue weighted by Crippen LogP contribution is 2.41. The third-order valence-electron chi connectivity index (χ3n) is 6.88. The minimum atomic E-state index is -0.582. The average molecular weight is 456 g/mol. The number of halogens is 2. The summed E-state index contributed by atoms with van der Waals surface area (Å²) < 4.78 is 26.6. The van der Waals surface area contributed by atoms with Gasteiger partial charge < -0.3 is 10.2 Å². The van der Waals surface area contributed by atoms with Crippen molar-refractivity contribution in [3.8, 4) is 0 Å². The van der Waals surface area contributed by atoms with Crippen molar-refractivity contribution in [3.05, 3.63) is 65.7 Å². The number of anilines is 1. The summed E-state index contributed by atoms with van der Waals surface area (Å²) in [7, 11) is 0. The monoisotopic (exact) mass is 455 g/mol. The van der Waals surface area contributed by atoms with E-state index in [2.05, 4.69) is 10.2 Å². The molecule has 2 aromatic rings. The highest BCUT2D eigenvalue weighted by atomic mass is 19.1. The van der Waals surface area contributed by atoms with Gasteiger partial charge in [-0.3, -0.25) is 14.5 Å². The second kappa shape index (κ2) is 10.4. The van der Waals surface area contributed by atoms with E-state index in [4.69, 9.17) is 0 Å². The first-order valence-electron chi connectivity index (χ1n) is 11.8. The molecule has 1 N–H and O–H groups in total. The Labute approximate surface area is 193 Å². The topological polar surface area (TPSA) is 52.7 Å². The summed E-state index contributed by atoms with van der Waals surface area (Å²) in [6, 6.07) is 12.1. The molecule has 2 fully saturated rings. The van der Waals surface area contributed by atoms with E-state index in [1.807, 2.05) is 4.90 Å². The summed E-state index contributed by atoms with van der Waals surface area (Å²) in [5, 5.41) is 2.80. The number of benzene rings is 2. The van der Waals surface area contributed by atoms with Gasteiger partial charge >= 0.3 is 0 Å². The number of rotatable bonds is 5. The summed E-state index contributed by atoms with van der Waals surface area (Å²) >= 11 is 0. The number of hydrogen-bond donors (Lipinski definition) is 1. The fourth-order valence-electron chi connectivity index (χ4n) is 5.12. The van der Waals surface area contributed by atoms with Crippen LogP contribution in [-0.4, -0.2) is 54.3 Å². The van der Waals surface area contributed by atoms with E-state index in [9.17, 15) is 18.4 Å². The third kappa shape index (κ3) is 5.58. The normalized spacial score (nSPS) is 19.0. The van der Waals surface area contributed by atoms with Crippen molar-refractivity contribution in [1.82, 2.24) is 9.80 Å². The van der Waals surface area contributed by atoms with Crippen molar-refractivity contribution in [2.45, 2.75) is 43.9 Å². The summed E-state index contributed by atoms with van der Waals surface area (Å²) in [6.45, 7) is 2.78. The second-order valence-electron chi connectivity index (χ2n) is 9.13. The maximum atomic E-state index is 13.8. The van der Waals surface area contributed by atoms with E-state index in [0.717, 1.165) is 50.6 Å². The van der Waals surface area contributed by atoms with Gasteiger partial charge in [0.1, 0.15) is 11.6 Å². The third-order valence-corrected chi connectivity index (χ3v) is 6.88. The molecule has 7 heteroatoms. The minimum absolute atomic E-state index is 0.131. The van der Waals surface area contributed by atoms with E-state index < -0.39 is 5.41 Å². The molecule has 1 aliphatic carbocycles. The van der Waals surface area contributed by atoms with Crippen molar-refractivity contribution in [2.75, 3.05) is 38.0 Å². The van der Waals surface area contributed by atoms with Crippen molar-refractivity contribution in [3.63, 3.8) is 0 Å². The van der Waals surface area contributed by atoms with Crippen LogP contribution in [0.3, 0.4) is 0 Å². The molecule has 0 radical (unpaired) electrons. The van der Waals surface area contributed by atoms with E-state index >= 15 is 0 Å². The molecule has 0 atom stereocenters. The van der Waals surface area contributed by atoms with Crippen LogP contribution in [0.15, 0.2) is 48.5 Å². The van der Waals surface area contributed by atoms with Gasteiger partial charge in [-0.1, -0.05) is 31.4 Å². The molecule has 2 aromatic carbocycles. The molecule has 2 amide bonds. The summed E-state index contributed by atoms with van der Waals surface area (Å²) in [5.41, 5.74) is 0.890. The maximum absolute atomic E-state index is 13.8. The number of amides is 2. The van der Waals surface area contributed by atoms with Crippen molar-refractivity contribution >= 4 is 17.5 Å². The quantitative estimate of drug-likeness (QED) is 0.730. The molecule has 1 heterocycles. The Balaban J connectivity index is 1.39. The lowest BCUT2D eigenvalue weighted by molar-refractivity contribution is -0.138. The maximum Gasteiger partial charge on any atom is 0.238 e. The molecule has 2 aliphatic rings. The van der Waals surface area contributed by atoms with E-state index in [1.165, 1.54) is 36.4 Å². The van der Waals surface area contributed by atoms with Crippen LogP contribution in [-0.2, 0) is 15.0 Å². The lowest BCUT2D eigenvalue weighted by atomic mass is 9.68. The standard InChI is InChI=1S/C26H31F2N3O2/c27-21-7-5-20(6-8-21)26(13-2-1-3-14-26)25(33)31-16-4-15-30(17-18-31)19-24(32)29-23-11-9-22(28)10-12-23/h5-12H,1-4,13-19H2,(H,29,32). The van der Waals surface area contributed by atoms with Gasteiger partial charge in [0.05, 0.1) is 12.0 Å². The Hall–Kier alpha value is -2.80. The Morgan fingerprint density at radius 2 is 1.42 bits per heavy atom. The van der Waals surface area contributed by atoms with Crippen molar-refractivity contribution < 1.29 is 18.4 Å². The van der Waals surface area contributed by atoms with Gasteiger partial charge in [0.15, 0.2) is 0 Å². The predicted molar refractivity (Wildman–Crippen MR) is 124 cm³/mol. The van der Waals surface area contributed by atoms with Gasteiger partial charge in [0.25, 0.3) is 0 Å². The summed E-state index contributed by atoms with van der Waals surface area (Å²) in [5.74, 6) is -0.661. The van der Waals surface area contributed by atoms with Crippen LogP contribution in [0.5, 0.6) is 0 Å². The van der Waals surface area contributed by atoms with Gasteiger partial charge in [0, 0.05) is 31.9 Å². The molecule has 4 rings (SSSR count). The number of hydrogen-bond acceptors (Lipinski definition) is 3. The first-order chi connectivity index (χ1) is 16.0. The molecular formula is C26H31F2N3O2. The SMILES string of the molecule is O=C(CN1CCCN(C(=O)C2(c3ccc(F)cc3)CCCCC2)CC1)Nc1ccc(F)cc1. The minimum Gasteiger partial charge on any atom is -0.341 e. The highest BCUT2D eigenvalue weighted by Gasteiger charge is 2.43. The van der Waals surface area contributed by atoms with Gasteiger partial charge in [-0.15, -0.1) is 0 Å². The number of nitrogens with one attached hydrogen (secondary N) is 1.